The fourth-order valence-corrected chi connectivity index (χ4v) is 2.56. The van der Waals surface area contributed by atoms with E-state index in [0.717, 1.165) is 35.5 Å². The molecule has 0 fully saturated rings. The molecule has 0 radical (unpaired) electrons. The number of amides is 1. The van der Waals surface area contributed by atoms with Crippen LogP contribution in [0.1, 0.15) is 47.3 Å². The van der Waals surface area contributed by atoms with Gasteiger partial charge < -0.3 is 0 Å². The molecule has 1 aromatic carbocycles. The Morgan fingerprint density at radius 1 is 1.20 bits per heavy atom. The minimum Gasteiger partial charge on any atom is -0.264 e. The van der Waals surface area contributed by atoms with Crippen LogP contribution in [0.2, 0.25) is 0 Å². The standard InChI is InChI=1S/C18H20N6O/c1-4-8-15(14-9-6-5-7-10-14)21-22-17(25)16-20-18-19-12(2)11-13(3)24(18)23-16/h5-7,9-11H,4,8H2,1-3H3,(H,22,25)/b21-15-. The van der Waals surface area contributed by atoms with Crippen LogP contribution in [0.25, 0.3) is 5.78 Å². The van der Waals surface area contributed by atoms with Gasteiger partial charge in [0, 0.05) is 11.4 Å². The predicted molar refractivity (Wildman–Crippen MR) is 95.6 cm³/mol. The molecule has 2 heterocycles. The zero-order valence-corrected chi connectivity index (χ0v) is 14.5. The summed E-state index contributed by atoms with van der Waals surface area (Å²) in [7, 11) is 0. The van der Waals surface area contributed by atoms with Gasteiger partial charge in [-0.3, -0.25) is 4.79 Å². The van der Waals surface area contributed by atoms with Gasteiger partial charge in [-0.15, -0.1) is 5.10 Å². The van der Waals surface area contributed by atoms with E-state index >= 15 is 0 Å². The number of nitrogens with one attached hydrogen (secondary N) is 1. The maximum Gasteiger partial charge on any atom is 0.311 e. The summed E-state index contributed by atoms with van der Waals surface area (Å²) in [5.41, 5.74) is 6.07. The second-order valence-corrected chi connectivity index (χ2v) is 5.80. The van der Waals surface area contributed by atoms with Crippen molar-refractivity contribution in [1.29, 1.82) is 0 Å². The SMILES string of the molecule is CCC/C(=N/NC(=O)c1nc2nc(C)cc(C)n2n1)c1ccccc1. The smallest absolute Gasteiger partial charge is 0.264 e. The van der Waals surface area contributed by atoms with E-state index in [1.165, 1.54) is 0 Å². The Balaban J connectivity index is 1.84. The molecule has 128 valence electrons. The molecule has 1 amide bonds. The van der Waals surface area contributed by atoms with E-state index in [1.807, 2.05) is 50.2 Å². The molecule has 0 saturated carbocycles. The summed E-state index contributed by atoms with van der Waals surface area (Å²) in [5, 5.41) is 8.49. The molecule has 7 nitrogen and oxygen atoms in total. The van der Waals surface area contributed by atoms with E-state index in [-0.39, 0.29) is 5.82 Å². The number of benzene rings is 1. The molecule has 3 rings (SSSR count). The quantitative estimate of drug-likeness (QED) is 0.573. The van der Waals surface area contributed by atoms with Crippen LogP contribution in [0, 0.1) is 13.8 Å². The number of nitrogens with zero attached hydrogens (tertiary/aromatic N) is 5. The van der Waals surface area contributed by atoms with Crippen molar-refractivity contribution in [3.63, 3.8) is 0 Å². The lowest BCUT2D eigenvalue weighted by Gasteiger charge is -2.05. The van der Waals surface area contributed by atoms with Crippen molar-refractivity contribution in [2.45, 2.75) is 33.6 Å². The fraction of sp³-hybridized carbons (Fsp3) is 0.278. The molecule has 7 heteroatoms. The molecule has 1 N–H and O–H groups in total. The summed E-state index contributed by atoms with van der Waals surface area (Å²) in [6, 6.07) is 11.7. The third kappa shape index (κ3) is 3.71. The van der Waals surface area contributed by atoms with Gasteiger partial charge in [-0.05, 0) is 31.9 Å². The van der Waals surface area contributed by atoms with Crippen molar-refractivity contribution in [1.82, 2.24) is 25.0 Å². The van der Waals surface area contributed by atoms with Crippen molar-refractivity contribution in [3.8, 4) is 0 Å². The third-order valence-corrected chi connectivity index (χ3v) is 3.71. The normalized spacial score (nSPS) is 11.7. The zero-order valence-electron chi connectivity index (χ0n) is 14.5. The Kier molecular flexibility index (Phi) is 4.83. The van der Waals surface area contributed by atoms with Crippen LogP contribution in [0.5, 0.6) is 0 Å². The van der Waals surface area contributed by atoms with Gasteiger partial charge in [-0.1, -0.05) is 43.7 Å². The molecule has 0 bridgehead atoms. The second kappa shape index (κ2) is 7.21. The highest BCUT2D eigenvalue weighted by Gasteiger charge is 2.15. The van der Waals surface area contributed by atoms with Crippen LogP contribution in [0.3, 0.4) is 0 Å². The van der Waals surface area contributed by atoms with E-state index in [1.54, 1.807) is 4.52 Å². The molecule has 0 aliphatic rings. The highest BCUT2D eigenvalue weighted by atomic mass is 16.2. The number of hydrazone groups is 1. The molecular formula is C18H20N6O. The summed E-state index contributed by atoms with van der Waals surface area (Å²) in [5.74, 6) is 0.00409. The summed E-state index contributed by atoms with van der Waals surface area (Å²) in [6.07, 6.45) is 1.70. The summed E-state index contributed by atoms with van der Waals surface area (Å²) < 4.78 is 1.55. The van der Waals surface area contributed by atoms with Gasteiger partial charge in [0.15, 0.2) is 0 Å². The molecule has 0 saturated heterocycles. The van der Waals surface area contributed by atoms with Crippen LogP contribution in [0.4, 0.5) is 0 Å². The predicted octanol–water partition coefficient (Wildman–Crippen LogP) is 2.68. The Labute approximate surface area is 145 Å². The Hall–Kier alpha value is -3.09. The molecule has 25 heavy (non-hydrogen) atoms. The molecular weight excluding hydrogens is 316 g/mol. The van der Waals surface area contributed by atoms with Gasteiger partial charge in [0.05, 0.1) is 5.71 Å². The van der Waals surface area contributed by atoms with E-state index in [9.17, 15) is 4.79 Å². The number of rotatable bonds is 5. The lowest BCUT2D eigenvalue weighted by Crippen LogP contribution is -2.21. The number of carbonyl (C=O) groups excluding carboxylic acids is 1. The molecule has 0 aliphatic carbocycles. The van der Waals surface area contributed by atoms with E-state index in [0.29, 0.717) is 5.78 Å². The van der Waals surface area contributed by atoms with Crippen LogP contribution >= 0.6 is 0 Å². The van der Waals surface area contributed by atoms with Crippen LogP contribution in [-0.2, 0) is 0 Å². The van der Waals surface area contributed by atoms with Gasteiger partial charge in [-0.2, -0.15) is 10.1 Å². The fourth-order valence-electron chi connectivity index (χ4n) is 2.56. The van der Waals surface area contributed by atoms with Crippen molar-refractivity contribution in [3.05, 3.63) is 59.2 Å². The number of fused-ring (bicyclic) bond motifs is 1. The molecule has 0 aliphatic heterocycles. The maximum absolute atomic E-state index is 12.4. The summed E-state index contributed by atoms with van der Waals surface area (Å²) >= 11 is 0. The monoisotopic (exact) mass is 336 g/mol. The minimum atomic E-state index is -0.452. The average molecular weight is 336 g/mol. The molecule has 0 spiro atoms. The average Bonchev–Trinajstić information content (AvgIpc) is 3.03. The molecule has 0 unspecified atom stereocenters. The topological polar surface area (TPSA) is 84.5 Å². The highest BCUT2D eigenvalue weighted by molar-refractivity contribution is 6.01. The van der Waals surface area contributed by atoms with Crippen molar-refractivity contribution < 1.29 is 4.79 Å². The van der Waals surface area contributed by atoms with Gasteiger partial charge in [0.1, 0.15) is 0 Å². The number of hydrogen-bond acceptors (Lipinski definition) is 5. The van der Waals surface area contributed by atoms with Crippen LogP contribution < -0.4 is 5.43 Å². The Morgan fingerprint density at radius 3 is 2.68 bits per heavy atom. The van der Waals surface area contributed by atoms with Crippen molar-refractivity contribution in [2.24, 2.45) is 5.10 Å². The first-order valence-corrected chi connectivity index (χ1v) is 8.22. The molecule has 2 aromatic heterocycles. The second-order valence-electron chi connectivity index (χ2n) is 5.80. The third-order valence-electron chi connectivity index (χ3n) is 3.71. The summed E-state index contributed by atoms with van der Waals surface area (Å²) in [4.78, 5) is 20.8. The minimum absolute atomic E-state index is 0.0499. The number of aromatic nitrogens is 4. The van der Waals surface area contributed by atoms with Crippen molar-refractivity contribution in [2.75, 3.05) is 0 Å². The van der Waals surface area contributed by atoms with Gasteiger partial charge in [0.25, 0.3) is 5.78 Å². The van der Waals surface area contributed by atoms with E-state index in [4.69, 9.17) is 0 Å². The zero-order chi connectivity index (χ0) is 17.8. The van der Waals surface area contributed by atoms with Gasteiger partial charge >= 0.3 is 5.91 Å². The molecule has 3 aromatic rings. The van der Waals surface area contributed by atoms with Crippen molar-refractivity contribution >= 4 is 17.4 Å². The number of aryl methyl sites for hydroxylation is 2. The Bertz CT molecular complexity index is 929. The number of carbonyl (C=O) groups is 1. The lowest BCUT2D eigenvalue weighted by molar-refractivity contribution is 0.0944. The first kappa shape index (κ1) is 16.8. The maximum atomic E-state index is 12.4. The summed E-state index contributed by atoms with van der Waals surface area (Å²) in [6.45, 7) is 5.84. The Morgan fingerprint density at radius 2 is 1.96 bits per heavy atom. The van der Waals surface area contributed by atoms with Crippen LogP contribution in [-0.4, -0.2) is 31.2 Å². The first-order valence-electron chi connectivity index (χ1n) is 8.22. The van der Waals surface area contributed by atoms with E-state index < -0.39 is 5.91 Å². The van der Waals surface area contributed by atoms with E-state index in [2.05, 4.69) is 32.5 Å². The van der Waals surface area contributed by atoms with Crippen LogP contribution in [0.15, 0.2) is 41.5 Å². The van der Waals surface area contributed by atoms with Gasteiger partial charge in [0.2, 0.25) is 5.82 Å². The molecule has 0 atom stereocenters. The number of hydrogen-bond donors (Lipinski definition) is 1. The highest BCUT2D eigenvalue weighted by Crippen LogP contribution is 2.07. The van der Waals surface area contributed by atoms with Gasteiger partial charge in [-0.25, -0.2) is 14.9 Å². The lowest BCUT2D eigenvalue weighted by atomic mass is 10.1. The largest absolute Gasteiger partial charge is 0.311 e. The first-order chi connectivity index (χ1) is 12.1.